The van der Waals surface area contributed by atoms with Crippen molar-refractivity contribution in [2.45, 2.75) is 26.8 Å². The molecule has 0 aliphatic rings. The number of methoxy groups -OCH3 is 2. The Morgan fingerprint density at radius 1 is 1.10 bits per heavy atom. The summed E-state index contributed by atoms with van der Waals surface area (Å²) in [5, 5.41) is 8.22. The largest absolute Gasteiger partial charge is 0.493 e. The molecule has 7 heteroatoms. The van der Waals surface area contributed by atoms with Crippen molar-refractivity contribution in [3.63, 3.8) is 0 Å². The molecule has 0 atom stereocenters. The van der Waals surface area contributed by atoms with Crippen molar-refractivity contribution in [2.75, 3.05) is 20.8 Å². The average molecular weight is 428 g/mol. The smallest absolute Gasteiger partial charge is 0.255 e. The second-order valence-electron chi connectivity index (χ2n) is 6.99. The molecule has 0 saturated heterocycles. The van der Waals surface area contributed by atoms with Crippen LogP contribution in [0.25, 0.3) is 0 Å². The number of carbonyl (C=O) groups is 1. The lowest BCUT2D eigenvalue weighted by Crippen LogP contribution is -2.26. The van der Waals surface area contributed by atoms with Crippen LogP contribution in [0.15, 0.2) is 42.5 Å². The zero-order valence-electron chi connectivity index (χ0n) is 17.7. The number of nitrogens with zero attached hydrogens (tertiary/aromatic N) is 2. The first-order valence-corrected chi connectivity index (χ1v) is 10.1. The number of nitrogens with one attached hydrogen (secondary N) is 1. The Labute approximate surface area is 181 Å². The van der Waals surface area contributed by atoms with Gasteiger partial charge in [0.1, 0.15) is 0 Å². The summed E-state index contributed by atoms with van der Waals surface area (Å²) in [5.74, 6) is 1.23. The minimum atomic E-state index is -0.129. The molecule has 0 bridgehead atoms. The minimum absolute atomic E-state index is 0.129. The molecular weight excluding hydrogens is 402 g/mol. The quantitative estimate of drug-likeness (QED) is 0.585. The maximum atomic E-state index is 12.8. The molecule has 158 valence electrons. The monoisotopic (exact) mass is 427 g/mol. The third kappa shape index (κ3) is 4.76. The van der Waals surface area contributed by atoms with Crippen molar-refractivity contribution in [1.29, 1.82) is 0 Å². The van der Waals surface area contributed by atoms with Gasteiger partial charge in [0, 0.05) is 17.3 Å². The summed E-state index contributed by atoms with van der Waals surface area (Å²) >= 11 is 6.27. The van der Waals surface area contributed by atoms with Crippen molar-refractivity contribution in [2.24, 2.45) is 0 Å². The number of rotatable bonds is 8. The van der Waals surface area contributed by atoms with Crippen molar-refractivity contribution >= 4 is 17.5 Å². The molecule has 1 N–H and O–H groups in total. The average Bonchev–Trinajstić information content (AvgIpc) is 3.02. The summed E-state index contributed by atoms with van der Waals surface area (Å²) in [7, 11) is 3.21. The maximum Gasteiger partial charge on any atom is 0.255 e. The Kier molecular flexibility index (Phi) is 7.00. The first-order chi connectivity index (χ1) is 14.4. The van der Waals surface area contributed by atoms with Crippen molar-refractivity contribution < 1.29 is 14.3 Å². The highest BCUT2D eigenvalue weighted by Crippen LogP contribution is 2.27. The van der Waals surface area contributed by atoms with Gasteiger partial charge in [0.2, 0.25) is 0 Å². The lowest BCUT2D eigenvalue weighted by atomic mass is 10.1. The molecule has 0 spiro atoms. The number of hydrogen-bond donors (Lipinski definition) is 1. The van der Waals surface area contributed by atoms with Crippen LogP contribution in [0.1, 0.15) is 32.9 Å². The molecule has 0 radical (unpaired) electrons. The van der Waals surface area contributed by atoms with Crippen molar-refractivity contribution in [1.82, 2.24) is 15.1 Å². The topological polar surface area (TPSA) is 65.4 Å². The van der Waals surface area contributed by atoms with Crippen LogP contribution >= 0.6 is 11.6 Å². The molecule has 0 saturated carbocycles. The lowest BCUT2D eigenvalue weighted by Gasteiger charge is -2.10. The third-order valence-corrected chi connectivity index (χ3v) is 5.40. The van der Waals surface area contributed by atoms with Gasteiger partial charge in [-0.05, 0) is 49.6 Å². The predicted octanol–water partition coefficient (Wildman–Crippen LogP) is 4.19. The van der Waals surface area contributed by atoms with E-state index >= 15 is 0 Å². The third-order valence-electron chi connectivity index (χ3n) is 5.03. The SMILES string of the molecule is COc1ccc(CCNC(=O)c2c(C)nn(Cc3ccccc3Cl)c2C)cc1OC. The number of ether oxygens (including phenoxy) is 2. The zero-order valence-corrected chi connectivity index (χ0v) is 18.4. The number of amides is 1. The molecule has 1 heterocycles. The van der Waals surface area contributed by atoms with E-state index in [1.165, 1.54) is 0 Å². The van der Waals surface area contributed by atoms with E-state index in [0.29, 0.717) is 47.3 Å². The molecule has 3 rings (SSSR count). The van der Waals surface area contributed by atoms with Crippen LogP contribution in [0, 0.1) is 13.8 Å². The van der Waals surface area contributed by atoms with E-state index < -0.39 is 0 Å². The molecule has 6 nitrogen and oxygen atoms in total. The van der Waals surface area contributed by atoms with E-state index in [-0.39, 0.29) is 5.91 Å². The molecule has 3 aromatic rings. The Morgan fingerprint density at radius 3 is 2.53 bits per heavy atom. The van der Waals surface area contributed by atoms with E-state index in [1.54, 1.807) is 14.2 Å². The van der Waals surface area contributed by atoms with Gasteiger partial charge in [0.15, 0.2) is 11.5 Å². The van der Waals surface area contributed by atoms with Gasteiger partial charge in [-0.1, -0.05) is 35.9 Å². The molecule has 0 aliphatic heterocycles. The second-order valence-corrected chi connectivity index (χ2v) is 7.40. The molecule has 1 aromatic heterocycles. The summed E-state index contributed by atoms with van der Waals surface area (Å²) in [6.07, 6.45) is 0.679. The van der Waals surface area contributed by atoms with Crippen LogP contribution < -0.4 is 14.8 Å². The number of aryl methyl sites for hydroxylation is 1. The Bertz CT molecular complexity index is 1050. The first-order valence-electron chi connectivity index (χ1n) is 9.71. The van der Waals surface area contributed by atoms with Crippen LogP contribution in [-0.4, -0.2) is 36.5 Å². The van der Waals surface area contributed by atoms with E-state index in [9.17, 15) is 4.79 Å². The fraction of sp³-hybridized carbons (Fsp3) is 0.304. The van der Waals surface area contributed by atoms with E-state index in [0.717, 1.165) is 16.8 Å². The van der Waals surface area contributed by atoms with Gasteiger partial charge >= 0.3 is 0 Å². The number of halogens is 1. The van der Waals surface area contributed by atoms with Gasteiger partial charge < -0.3 is 14.8 Å². The van der Waals surface area contributed by atoms with Crippen molar-refractivity contribution in [3.05, 3.63) is 75.6 Å². The molecule has 0 aliphatic carbocycles. The number of hydrogen-bond acceptors (Lipinski definition) is 4. The van der Waals surface area contributed by atoms with E-state index in [4.69, 9.17) is 21.1 Å². The van der Waals surface area contributed by atoms with Gasteiger partial charge in [-0.3, -0.25) is 9.48 Å². The summed E-state index contributed by atoms with van der Waals surface area (Å²) in [4.78, 5) is 12.8. The summed E-state index contributed by atoms with van der Waals surface area (Å²) in [6, 6.07) is 13.4. The highest BCUT2D eigenvalue weighted by molar-refractivity contribution is 6.31. The summed E-state index contributed by atoms with van der Waals surface area (Å²) in [5.41, 5.74) is 4.13. The molecule has 30 heavy (non-hydrogen) atoms. The zero-order chi connectivity index (χ0) is 21.7. The van der Waals surface area contributed by atoms with Gasteiger partial charge in [-0.25, -0.2) is 0 Å². The maximum absolute atomic E-state index is 12.8. The molecule has 2 aromatic carbocycles. The summed E-state index contributed by atoms with van der Waals surface area (Å²) < 4.78 is 12.4. The first kappa shape index (κ1) is 21.7. The van der Waals surface area contributed by atoms with Crippen LogP contribution in [0.3, 0.4) is 0 Å². The van der Waals surface area contributed by atoms with Gasteiger partial charge in [0.25, 0.3) is 5.91 Å². The van der Waals surface area contributed by atoms with Crippen LogP contribution in [0.5, 0.6) is 11.5 Å². The number of benzene rings is 2. The van der Waals surface area contributed by atoms with Gasteiger partial charge in [-0.2, -0.15) is 5.10 Å². The Morgan fingerprint density at radius 2 is 1.83 bits per heavy atom. The fourth-order valence-corrected chi connectivity index (χ4v) is 3.61. The molecule has 0 fully saturated rings. The van der Waals surface area contributed by atoms with Crippen LogP contribution in [0.2, 0.25) is 5.02 Å². The van der Waals surface area contributed by atoms with Gasteiger partial charge in [0.05, 0.1) is 32.0 Å². The fourth-order valence-electron chi connectivity index (χ4n) is 3.41. The van der Waals surface area contributed by atoms with Crippen LogP contribution in [0.4, 0.5) is 0 Å². The Hall–Kier alpha value is -2.99. The molecular formula is C23H26ClN3O3. The van der Waals surface area contributed by atoms with Gasteiger partial charge in [-0.15, -0.1) is 0 Å². The highest BCUT2D eigenvalue weighted by Gasteiger charge is 2.19. The predicted molar refractivity (Wildman–Crippen MR) is 118 cm³/mol. The minimum Gasteiger partial charge on any atom is -0.493 e. The number of carbonyl (C=O) groups excluding carboxylic acids is 1. The number of aromatic nitrogens is 2. The lowest BCUT2D eigenvalue weighted by molar-refractivity contribution is 0.0953. The van der Waals surface area contributed by atoms with Crippen LogP contribution in [-0.2, 0) is 13.0 Å². The Balaban J connectivity index is 1.66. The molecule has 1 amide bonds. The normalized spacial score (nSPS) is 10.7. The second kappa shape index (κ2) is 9.67. The standard InChI is InChI=1S/C23H26ClN3O3/c1-15-22(16(2)27(26-15)14-18-7-5-6-8-19(18)24)23(28)25-12-11-17-9-10-20(29-3)21(13-17)30-4/h5-10,13H,11-12,14H2,1-4H3,(H,25,28). The summed E-state index contributed by atoms with van der Waals surface area (Å²) in [6.45, 7) is 4.77. The van der Waals surface area contributed by atoms with E-state index in [2.05, 4.69) is 10.4 Å². The highest BCUT2D eigenvalue weighted by atomic mass is 35.5. The van der Waals surface area contributed by atoms with E-state index in [1.807, 2.05) is 61.0 Å². The molecule has 0 unspecified atom stereocenters. The van der Waals surface area contributed by atoms with Crippen molar-refractivity contribution in [3.8, 4) is 11.5 Å².